The van der Waals surface area contributed by atoms with Crippen molar-refractivity contribution in [1.82, 2.24) is 4.98 Å². The van der Waals surface area contributed by atoms with Crippen LogP contribution in [0.15, 0.2) is 35.8 Å². The van der Waals surface area contributed by atoms with E-state index in [1.54, 1.807) is 7.11 Å². The average Bonchev–Trinajstić information content (AvgIpc) is 3.11. The molecule has 4 heteroatoms. The van der Waals surface area contributed by atoms with Gasteiger partial charge in [0, 0.05) is 10.9 Å². The average molecular weight is 260 g/mol. The van der Waals surface area contributed by atoms with Crippen molar-refractivity contribution < 1.29 is 4.74 Å². The zero-order chi connectivity index (χ0) is 12.4. The minimum Gasteiger partial charge on any atom is -0.481 e. The third kappa shape index (κ3) is 2.48. The molecule has 1 fully saturated rings. The minimum atomic E-state index is 0.431. The van der Waals surface area contributed by atoms with Crippen molar-refractivity contribution in [2.24, 2.45) is 5.92 Å². The smallest absolute Gasteiger partial charge is 0.213 e. The number of rotatable bonds is 5. The fourth-order valence-corrected chi connectivity index (χ4v) is 2.95. The number of pyridine rings is 1. The summed E-state index contributed by atoms with van der Waals surface area (Å²) in [7, 11) is 1.63. The van der Waals surface area contributed by atoms with Crippen molar-refractivity contribution in [2.45, 2.75) is 18.9 Å². The number of aromatic nitrogens is 1. The first-order valence-electron chi connectivity index (χ1n) is 6.17. The van der Waals surface area contributed by atoms with Gasteiger partial charge in [0.25, 0.3) is 0 Å². The van der Waals surface area contributed by atoms with Gasteiger partial charge in [-0.1, -0.05) is 6.07 Å². The molecule has 0 amide bonds. The molecular formula is C14H16N2OS. The van der Waals surface area contributed by atoms with Crippen molar-refractivity contribution in [2.75, 3.05) is 12.4 Å². The van der Waals surface area contributed by atoms with Gasteiger partial charge in [0.2, 0.25) is 5.88 Å². The van der Waals surface area contributed by atoms with Crippen LogP contribution in [-0.4, -0.2) is 12.1 Å². The summed E-state index contributed by atoms with van der Waals surface area (Å²) in [4.78, 5) is 5.64. The number of anilines is 1. The third-order valence-electron chi connectivity index (χ3n) is 3.21. The van der Waals surface area contributed by atoms with E-state index in [1.807, 2.05) is 29.7 Å². The van der Waals surface area contributed by atoms with Gasteiger partial charge in [-0.15, -0.1) is 11.3 Å². The highest BCUT2D eigenvalue weighted by atomic mass is 32.1. The Kier molecular flexibility index (Phi) is 3.19. The van der Waals surface area contributed by atoms with E-state index in [1.165, 1.54) is 17.7 Å². The number of methoxy groups -OCH3 is 1. The van der Waals surface area contributed by atoms with Crippen LogP contribution in [0.25, 0.3) is 0 Å². The molecule has 0 radical (unpaired) electrons. The Morgan fingerprint density at radius 2 is 2.28 bits per heavy atom. The zero-order valence-corrected chi connectivity index (χ0v) is 11.1. The molecule has 0 aromatic carbocycles. The highest BCUT2D eigenvalue weighted by molar-refractivity contribution is 7.10. The summed E-state index contributed by atoms with van der Waals surface area (Å²) in [5.41, 5.74) is 1.06. The molecule has 2 aromatic rings. The van der Waals surface area contributed by atoms with E-state index >= 15 is 0 Å². The van der Waals surface area contributed by atoms with Gasteiger partial charge >= 0.3 is 0 Å². The molecule has 1 aliphatic carbocycles. The molecule has 3 rings (SSSR count). The van der Waals surface area contributed by atoms with Gasteiger partial charge in [-0.05, 0) is 36.3 Å². The molecule has 18 heavy (non-hydrogen) atoms. The summed E-state index contributed by atoms with van der Waals surface area (Å²) in [5.74, 6) is 1.42. The molecule has 1 aliphatic rings. The van der Waals surface area contributed by atoms with Gasteiger partial charge in [-0.25, -0.2) is 4.98 Å². The van der Waals surface area contributed by atoms with Gasteiger partial charge in [0.15, 0.2) is 0 Å². The van der Waals surface area contributed by atoms with E-state index in [0.717, 1.165) is 11.6 Å². The van der Waals surface area contributed by atoms with Gasteiger partial charge in [-0.3, -0.25) is 0 Å². The van der Waals surface area contributed by atoms with E-state index < -0.39 is 0 Å². The third-order valence-corrected chi connectivity index (χ3v) is 4.17. The first-order valence-corrected chi connectivity index (χ1v) is 7.05. The van der Waals surface area contributed by atoms with Crippen molar-refractivity contribution >= 4 is 17.0 Å². The Balaban J connectivity index is 1.76. The Morgan fingerprint density at radius 1 is 1.39 bits per heavy atom. The first kappa shape index (κ1) is 11.5. The van der Waals surface area contributed by atoms with Crippen molar-refractivity contribution in [3.63, 3.8) is 0 Å². The fraction of sp³-hybridized carbons (Fsp3) is 0.357. The van der Waals surface area contributed by atoms with E-state index in [0.29, 0.717) is 11.9 Å². The molecule has 1 unspecified atom stereocenters. The highest BCUT2D eigenvalue weighted by Gasteiger charge is 2.32. The van der Waals surface area contributed by atoms with Crippen molar-refractivity contribution in [1.29, 1.82) is 0 Å². The van der Waals surface area contributed by atoms with E-state index in [9.17, 15) is 0 Å². The van der Waals surface area contributed by atoms with E-state index in [4.69, 9.17) is 4.74 Å². The Morgan fingerprint density at radius 3 is 2.83 bits per heavy atom. The Labute approximate surface area is 111 Å². The lowest BCUT2D eigenvalue weighted by Crippen LogP contribution is -2.11. The van der Waals surface area contributed by atoms with Crippen molar-refractivity contribution in [3.05, 3.63) is 40.7 Å². The number of nitrogens with one attached hydrogen (secondary N) is 1. The predicted molar refractivity (Wildman–Crippen MR) is 74.2 cm³/mol. The molecule has 1 saturated carbocycles. The standard InChI is InChI=1S/C14H16N2OS/c1-17-13-7-6-11(9-15-13)16-14(10-4-5-10)12-3-2-8-18-12/h2-3,6-10,14,16H,4-5H2,1H3. The Hall–Kier alpha value is -1.55. The summed E-state index contributed by atoms with van der Waals surface area (Å²) >= 11 is 1.82. The second-order valence-electron chi connectivity index (χ2n) is 4.56. The van der Waals surface area contributed by atoms with Crippen LogP contribution in [0.2, 0.25) is 0 Å². The van der Waals surface area contributed by atoms with Crippen LogP contribution in [0, 0.1) is 5.92 Å². The van der Waals surface area contributed by atoms with Crippen LogP contribution in [0.3, 0.4) is 0 Å². The molecule has 2 heterocycles. The fourth-order valence-electron chi connectivity index (χ4n) is 2.09. The van der Waals surface area contributed by atoms with E-state index in [-0.39, 0.29) is 0 Å². The zero-order valence-electron chi connectivity index (χ0n) is 10.3. The molecule has 0 spiro atoms. The molecule has 94 valence electrons. The monoisotopic (exact) mass is 260 g/mol. The summed E-state index contributed by atoms with van der Waals surface area (Å²) in [6.45, 7) is 0. The maximum Gasteiger partial charge on any atom is 0.213 e. The summed E-state index contributed by atoms with van der Waals surface area (Å²) in [5, 5.41) is 5.72. The molecule has 1 N–H and O–H groups in total. The topological polar surface area (TPSA) is 34.1 Å². The lowest BCUT2D eigenvalue weighted by molar-refractivity contribution is 0.398. The molecule has 1 atom stereocenters. The van der Waals surface area contributed by atoms with Gasteiger partial charge in [-0.2, -0.15) is 0 Å². The lowest BCUT2D eigenvalue weighted by Gasteiger charge is -2.18. The quantitative estimate of drug-likeness (QED) is 0.889. The Bertz CT molecular complexity index is 491. The predicted octanol–water partition coefficient (Wildman–Crippen LogP) is 3.71. The maximum atomic E-state index is 5.07. The van der Waals surface area contributed by atoms with Crippen LogP contribution >= 0.6 is 11.3 Å². The summed E-state index contributed by atoms with van der Waals surface area (Å²) in [6.07, 6.45) is 4.47. The van der Waals surface area contributed by atoms with Gasteiger partial charge in [0.1, 0.15) is 0 Å². The molecule has 0 saturated heterocycles. The number of hydrogen-bond donors (Lipinski definition) is 1. The minimum absolute atomic E-state index is 0.431. The van der Waals surface area contributed by atoms with Gasteiger partial charge < -0.3 is 10.1 Å². The summed E-state index contributed by atoms with van der Waals surface area (Å²) in [6, 6.07) is 8.66. The van der Waals surface area contributed by atoms with Gasteiger partial charge in [0.05, 0.1) is 25.0 Å². The van der Waals surface area contributed by atoms with Crippen molar-refractivity contribution in [3.8, 4) is 5.88 Å². The highest BCUT2D eigenvalue weighted by Crippen LogP contribution is 2.44. The lowest BCUT2D eigenvalue weighted by atomic mass is 10.1. The number of hydrogen-bond acceptors (Lipinski definition) is 4. The SMILES string of the molecule is COc1ccc(NC(c2cccs2)C2CC2)cn1. The second kappa shape index (κ2) is 4.98. The van der Waals surface area contributed by atoms with E-state index in [2.05, 4.69) is 27.8 Å². The van der Waals surface area contributed by atoms with Crippen LogP contribution in [-0.2, 0) is 0 Å². The number of nitrogens with zero attached hydrogens (tertiary/aromatic N) is 1. The van der Waals surface area contributed by atoms with Crippen LogP contribution in [0.1, 0.15) is 23.8 Å². The summed E-state index contributed by atoms with van der Waals surface area (Å²) < 4.78 is 5.07. The van der Waals surface area contributed by atoms with Crippen LogP contribution in [0.5, 0.6) is 5.88 Å². The second-order valence-corrected chi connectivity index (χ2v) is 5.54. The van der Waals surface area contributed by atoms with Crippen LogP contribution in [0.4, 0.5) is 5.69 Å². The van der Waals surface area contributed by atoms with Crippen LogP contribution < -0.4 is 10.1 Å². The molecular weight excluding hydrogens is 244 g/mol. The molecule has 2 aromatic heterocycles. The first-order chi connectivity index (χ1) is 8.86. The molecule has 0 bridgehead atoms. The maximum absolute atomic E-state index is 5.07. The largest absolute Gasteiger partial charge is 0.481 e. The normalized spacial score (nSPS) is 16.3. The number of thiophene rings is 1. The number of ether oxygens (including phenoxy) is 1. The molecule has 0 aliphatic heterocycles. The molecule has 3 nitrogen and oxygen atoms in total.